The van der Waals surface area contributed by atoms with Crippen molar-refractivity contribution in [1.82, 2.24) is 10.3 Å². The SMILES string of the molecule is C=CCN(CC)c1cc(CNC2CC2)ccn1. The van der Waals surface area contributed by atoms with Crippen molar-refractivity contribution in [2.45, 2.75) is 32.4 Å². The number of nitrogens with one attached hydrogen (secondary N) is 1. The second-order valence-electron chi connectivity index (χ2n) is 4.50. The average molecular weight is 231 g/mol. The zero-order chi connectivity index (χ0) is 12.1. The van der Waals surface area contributed by atoms with Crippen LogP contribution in [-0.2, 0) is 6.54 Å². The molecule has 0 aliphatic heterocycles. The van der Waals surface area contributed by atoms with Gasteiger partial charge in [-0.2, -0.15) is 0 Å². The molecule has 0 unspecified atom stereocenters. The van der Waals surface area contributed by atoms with E-state index in [0.29, 0.717) is 0 Å². The van der Waals surface area contributed by atoms with E-state index in [4.69, 9.17) is 0 Å². The van der Waals surface area contributed by atoms with Crippen molar-refractivity contribution in [2.24, 2.45) is 0 Å². The highest BCUT2D eigenvalue weighted by Crippen LogP contribution is 2.20. The standard InChI is InChI=1S/C14H21N3/c1-3-9-17(4-2)14-10-12(7-8-15-14)11-16-13-5-6-13/h3,7-8,10,13,16H,1,4-6,9,11H2,2H3. The van der Waals surface area contributed by atoms with Crippen LogP contribution in [0.5, 0.6) is 0 Å². The van der Waals surface area contributed by atoms with Crippen LogP contribution in [0.4, 0.5) is 5.82 Å². The van der Waals surface area contributed by atoms with E-state index in [-0.39, 0.29) is 0 Å². The maximum absolute atomic E-state index is 4.42. The number of anilines is 1. The summed E-state index contributed by atoms with van der Waals surface area (Å²) in [7, 11) is 0. The minimum atomic E-state index is 0.752. The Balaban J connectivity index is 2.00. The Bertz CT molecular complexity index is 371. The van der Waals surface area contributed by atoms with Gasteiger partial charge in [0, 0.05) is 31.9 Å². The molecule has 0 saturated heterocycles. The van der Waals surface area contributed by atoms with Crippen molar-refractivity contribution < 1.29 is 0 Å². The maximum atomic E-state index is 4.42. The van der Waals surface area contributed by atoms with E-state index in [1.54, 1.807) is 0 Å². The van der Waals surface area contributed by atoms with Gasteiger partial charge in [0.05, 0.1) is 0 Å². The van der Waals surface area contributed by atoms with Crippen LogP contribution in [0.15, 0.2) is 31.0 Å². The first-order valence-corrected chi connectivity index (χ1v) is 6.37. The number of rotatable bonds is 7. The third kappa shape index (κ3) is 3.56. The van der Waals surface area contributed by atoms with E-state index in [0.717, 1.165) is 31.5 Å². The molecule has 3 nitrogen and oxygen atoms in total. The Hall–Kier alpha value is -1.35. The molecule has 0 bridgehead atoms. The lowest BCUT2D eigenvalue weighted by molar-refractivity contribution is 0.686. The lowest BCUT2D eigenvalue weighted by Gasteiger charge is -2.20. The van der Waals surface area contributed by atoms with E-state index in [1.807, 2.05) is 12.3 Å². The number of aromatic nitrogens is 1. The molecule has 1 aromatic rings. The quantitative estimate of drug-likeness (QED) is 0.730. The van der Waals surface area contributed by atoms with Crippen LogP contribution in [0.1, 0.15) is 25.3 Å². The number of hydrogen-bond donors (Lipinski definition) is 1. The summed E-state index contributed by atoms with van der Waals surface area (Å²) >= 11 is 0. The summed E-state index contributed by atoms with van der Waals surface area (Å²) in [5.74, 6) is 1.04. The summed E-state index contributed by atoms with van der Waals surface area (Å²) in [5, 5.41) is 3.52. The van der Waals surface area contributed by atoms with Gasteiger partial charge in [-0.05, 0) is 37.5 Å². The highest BCUT2D eigenvalue weighted by Gasteiger charge is 2.19. The van der Waals surface area contributed by atoms with Gasteiger partial charge in [-0.25, -0.2) is 4.98 Å². The Morgan fingerprint density at radius 3 is 3.06 bits per heavy atom. The van der Waals surface area contributed by atoms with Gasteiger partial charge >= 0.3 is 0 Å². The summed E-state index contributed by atoms with van der Waals surface area (Å²) in [4.78, 5) is 6.64. The zero-order valence-corrected chi connectivity index (χ0v) is 10.5. The molecule has 1 N–H and O–H groups in total. The first-order chi connectivity index (χ1) is 8.33. The van der Waals surface area contributed by atoms with Gasteiger partial charge in [0.1, 0.15) is 5.82 Å². The summed E-state index contributed by atoms with van der Waals surface area (Å²) < 4.78 is 0. The van der Waals surface area contributed by atoms with Crippen LogP contribution in [0, 0.1) is 0 Å². The van der Waals surface area contributed by atoms with Gasteiger partial charge in [0.15, 0.2) is 0 Å². The first-order valence-electron chi connectivity index (χ1n) is 6.37. The number of pyridine rings is 1. The van der Waals surface area contributed by atoms with E-state index in [9.17, 15) is 0 Å². The normalized spacial score (nSPS) is 14.6. The molecule has 92 valence electrons. The Kier molecular flexibility index (Phi) is 4.15. The highest BCUT2D eigenvalue weighted by molar-refractivity contribution is 5.41. The zero-order valence-electron chi connectivity index (χ0n) is 10.5. The van der Waals surface area contributed by atoms with Crippen LogP contribution < -0.4 is 10.2 Å². The average Bonchev–Trinajstić information content (AvgIpc) is 3.18. The molecule has 0 spiro atoms. The molecular weight excluding hydrogens is 210 g/mol. The van der Waals surface area contributed by atoms with Gasteiger partial charge in [-0.1, -0.05) is 6.08 Å². The van der Waals surface area contributed by atoms with Crippen molar-refractivity contribution in [3.8, 4) is 0 Å². The molecule has 0 atom stereocenters. The lowest BCUT2D eigenvalue weighted by Crippen LogP contribution is -2.24. The van der Waals surface area contributed by atoms with Crippen molar-refractivity contribution >= 4 is 5.82 Å². The van der Waals surface area contributed by atoms with E-state index >= 15 is 0 Å². The van der Waals surface area contributed by atoms with Gasteiger partial charge in [-0.3, -0.25) is 0 Å². The van der Waals surface area contributed by atoms with Gasteiger partial charge in [0.2, 0.25) is 0 Å². The van der Waals surface area contributed by atoms with Crippen LogP contribution >= 0.6 is 0 Å². The maximum Gasteiger partial charge on any atom is 0.129 e. The topological polar surface area (TPSA) is 28.2 Å². The molecule has 1 aromatic heterocycles. The predicted octanol–water partition coefficient (Wildman–Crippen LogP) is 2.35. The third-order valence-electron chi connectivity index (χ3n) is 3.04. The molecule has 2 rings (SSSR count). The molecule has 0 aromatic carbocycles. The number of likely N-dealkylation sites (N-methyl/N-ethyl adjacent to an activating group) is 1. The first kappa shape index (κ1) is 12.1. The molecule has 1 aliphatic rings. The summed E-state index contributed by atoms with van der Waals surface area (Å²) in [6.07, 6.45) is 6.47. The van der Waals surface area contributed by atoms with E-state index in [2.05, 4.69) is 40.8 Å². The molecule has 1 heterocycles. The molecule has 17 heavy (non-hydrogen) atoms. The monoisotopic (exact) mass is 231 g/mol. The minimum absolute atomic E-state index is 0.752. The fourth-order valence-corrected chi connectivity index (χ4v) is 1.83. The largest absolute Gasteiger partial charge is 0.353 e. The summed E-state index contributed by atoms with van der Waals surface area (Å²) in [5.41, 5.74) is 1.31. The van der Waals surface area contributed by atoms with E-state index < -0.39 is 0 Å². The smallest absolute Gasteiger partial charge is 0.129 e. The molecule has 1 aliphatic carbocycles. The molecule has 0 amide bonds. The molecule has 1 saturated carbocycles. The molecule has 3 heteroatoms. The molecule has 1 fully saturated rings. The highest BCUT2D eigenvalue weighted by atomic mass is 15.2. The van der Waals surface area contributed by atoms with Crippen LogP contribution in [0.25, 0.3) is 0 Å². The summed E-state index contributed by atoms with van der Waals surface area (Å²) in [6.45, 7) is 8.68. The van der Waals surface area contributed by atoms with Crippen molar-refractivity contribution in [3.05, 3.63) is 36.5 Å². The van der Waals surface area contributed by atoms with E-state index in [1.165, 1.54) is 18.4 Å². The van der Waals surface area contributed by atoms with Crippen molar-refractivity contribution in [2.75, 3.05) is 18.0 Å². The second kappa shape index (κ2) is 5.82. The Morgan fingerprint density at radius 1 is 1.59 bits per heavy atom. The number of hydrogen-bond acceptors (Lipinski definition) is 3. The Labute approximate surface area is 104 Å². The van der Waals surface area contributed by atoms with Gasteiger partial charge in [0.25, 0.3) is 0 Å². The lowest BCUT2D eigenvalue weighted by atomic mass is 10.2. The minimum Gasteiger partial charge on any atom is -0.353 e. The predicted molar refractivity (Wildman–Crippen MR) is 72.2 cm³/mol. The van der Waals surface area contributed by atoms with Crippen molar-refractivity contribution in [3.63, 3.8) is 0 Å². The number of nitrogens with zero attached hydrogens (tertiary/aromatic N) is 2. The molecule has 0 radical (unpaired) electrons. The van der Waals surface area contributed by atoms with Crippen molar-refractivity contribution in [1.29, 1.82) is 0 Å². The fraction of sp³-hybridized carbons (Fsp3) is 0.500. The van der Waals surface area contributed by atoms with Crippen LogP contribution in [-0.4, -0.2) is 24.1 Å². The van der Waals surface area contributed by atoms with Gasteiger partial charge in [-0.15, -0.1) is 6.58 Å². The molecular formula is C14H21N3. The third-order valence-corrected chi connectivity index (χ3v) is 3.04. The fourth-order valence-electron chi connectivity index (χ4n) is 1.83. The Morgan fingerprint density at radius 2 is 2.41 bits per heavy atom. The second-order valence-corrected chi connectivity index (χ2v) is 4.50. The van der Waals surface area contributed by atoms with Gasteiger partial charge < -0.3 is 10.2 Å². The summed E-state index contributed by atoms with van der Waals surface area (Å²) in [6, 6.07) is 5.00. The van der Waals surface area contributed by atoms with Crippen LogP contribution in [0.2, 0.25) is 0 Å². The van der Waals surface area contributed by atoms with Crippen LogP contribution in [0.3, 0.4) is 0 Å².